The number of ether oxygens (including phenoxy) is 2. The molecule has 7 nitrogen and oxygen atoms in total. The number of carbonyl (C=O) groups is 1. The number of benzene rings is 1. The third-order valence-corrected chi connectivity index (χ3v) is 3.39. The van der Waals surface area contributed by atoms with Gasteiger partial charge in [-0.05, 0) is 6.92 Å². The summed E-state index contributed by atoms with van der Waals surface area (Å²) < 4.78 is 10.6. The van der Waals surface area contributed by atoms with Gasteiger partial charge in [-0.15, -0.1) is 0 Å². The Morgan fingerprint density at radius 3 is 2.85 bits per heavy atom. The number of anilines is 2. The first-order chi connectivity index (χ1) is 9.60. The third-order valence-electron chi connectivity index (χ3n) is 3.39. The predicted octanol–water partition coefficient (Wildman–Crippen LogP) is -0.0845. The van der Waals surface area contributed by atoms with Crippen molar-refractivity contribution in [3.8, 4) is 11.5 Å². The molecule has 7 heteroatoms. The van der Waals surface area contributed by atoms with Crippen LogP contribution in [0.5, 0.6) is 11.5 Å². The molecule has 2 atom stereocenters. The minimum absolute atomic E-state index is 0.0357. The van der Waals surface area contributed by atoms with E-state index in [1.165, 1.54) is 4.90 Å². The van der Waals surface area contributed by atoms with E-state index in [1.54, 1.807) is 19.1 Å². The van der Waals surface area contributed by atoms with Gasteiger partial charge in [-0.25, -0.2) is 0 Å². The number of aliphatic hydroxyl groups excluding tert-OH is 2. The van der Waals surface area contributed by atoms with Crippen molar-refractivity contribution in [3.05, 3.63) is 12.1 Å². The summed E-state index contributed by atoms with van der Waals surface area (Å²) in [6.45, 7) is 1.54. The lowest BCUT2D eigenvalue weighted by molar-refractivity contribution is -0.119. The Morgan fingerprint density at radius 1 is 1.45 bits per heavy atom. The summed E-state index contributed by atoms with van der Waals surface area (Å²) in [4.78, 5) is 13.7. The molecule has 1 aromatic rings. The van der Waals surface area contributed by atoms with Crippen molar-refractivity contribution >= 4 is 17.3 Å². The molecule has 0 saturated heterocycles. The molecule has 1 amide bonds. The lowest BCUT2D eigenvalue weighted by atomic mass is 10.1. The van der Waals surface area contributed by atoms with Crippen molar-refractivity contribution in [1.82, 2.24) is 0 Å². The maximum atomic E-state index is 12.2. The van der Waals surface area contributed by atoms with Gasteiger partial charge < -0.3 is 29.9 Å². The molecule has 0 radical (unpaired) electrons. The quantitative estimate of drug-likeness (QED) is 0.717. The first-order valence-corrected chi connectivity index (χ1v) is 6.40. The summed E-state index contributed by atoms with van der Waals surface area (Å²) in [5, 5.41) is 21.7. The Hall–Kier alpha value is -1.99. The number of rotatable bonds is 3. The zero-order chi connectivity index (χ0) is 14.3. The Kier molecular flexibility index (Phi) is 3.15. The summed E-state index contributed by atoms with van der Waals surface area (Å²) in [7, 11) is 0. The maximum Gasteiger partial charge on any atom is 0.249 e. The summed E-state index contributed by atoms with van der Waals surface area (Å²) in [6.07, 6.45) is -0.984. The second kappa shape index (κ2) is 4.84. The Bertz CT molecular complexity index is 548. The van der Waals surface area contributed by atoms with Gasteiger partial charge in [0.1, 0.15) is 6.04 Å². The Balaban J connectivity index is 2.00. The fraction of sp³-hybridized carbons (Fsp3) is 0.462. The third kappa shape index (κ3) is 2.04. The van der Waals surface area contributed by atoms with Crippen molar-refractivity contribution in [2.24, 2.45) is 0 Å². The van der Waals surface area contributed by atoms with Gasteiger partial charge >= 0.3 is 0 Å². The normalized spacial score (nSPS) is 21.4. The van der Waals surface area contributed by atoms with Gasteiger partial charge in [0.2, 0.25) is 12.7 Å². The van der Waals surface area contributed by atoms with E-state index >= 15 is 0 Å². The fourth-order valence-electron chi connectivity index (χ4n) is 2.37. The van der Waals surface area contributed by atoms with Crippen LogP contribution in [0.1, 0.15) is 6.92 Å². The van der Waals surface area contributed by atoms with E-state index in [-0.39, 0.29) is 19.2 Å². The number of nitrogens with one attached hydrogen (secondary N) is 1. The molecule has 0 fully saturated rings. The first-order valence-electron chi connectivity index (χ1n) is 6.40. The molecule has 0 bridgehead atoms. The van der Waals surface area contributed by atoms with Gasteiger partial charge in [0.25, 0.3) is 0 Å². The van der Waals surface area contributed by atoms with Crippen LogP contribution in [0.3, 0.4) is 0 Å². The second-order valence-corrected chi connectivity index (χ2v) is 4.87. The van der Waals surface area contributed by atoms with Gasteiger partial charge in [0, 0.05) is 12.1 Å². The molecule has 2 aliphatic heterocycles. The van der Waals surface area contributed by atoms with Crippen LogP contribution in [-0.2, 0) is 4.79 Å². The predicted molar refractivity (Wildman–Crippen MR) is 71.1 cm³/mol. The van der Waals surface area contributed by atoms with Crippen LogP contribution in [0.25, 0.3) is 0 Å². The summed E-state index contributed by atoms with van der Waals surface area (Å²) in [5.41, 5.74) is 1.36. The topological polar surface area (TPSA) is 91.3 Å². The van der Waals surface area contributed by atoms with Crippen LogP contribution in [0.2, 0.25) is 0 Å². The van der Waals surface area contributed by atoms with E-state index in [0.717, 1.165) is 5.69 Å². The molecule has 3 N–H and O–H groups in total. The van der Waals surface area contributed by atoms with Crippen LogP contribution in [0.4, 0.5) is 11.4 Å². The van der Waals surface area contributed by atoms with Gasteiger partial charge in [-0.2, -0.15) is 0 Å². The zero-order valence-electron chi connectivity index (χ0n) is 11.0. The fourth-order valence-corrected chi connectivity index (χ4v) is 2.37. The van der Waals surface area contributed by atoms with Crippen LogP contribution in [0, 0.1) is 0 Å². The number of amides is 1. The first kappa shape index (κ1) is 13.0. The monoisotopic (exact) mass is 280 g/mol. The highest BCUT2D eigenvalue weighted by Gasteiger charge is 2.33. The number of β-amino-alcohol motifs (C(OH)–C–C–N with tert-alkyl or cyclic N) is 1. The molecule has 2 unspecified atom stereocenters. The average Bonchev–Trinajstić information content (AvgIpc) is 2.88. The van der Waals surface area contributed by atoms with Crippen LogP contribution in [0.15, 0.2) is 12.1 Å². The van der Waals surface area contributed by atoms with E-state index in [0.29, 0.717) is 17.2 Å². The average molecular weight is 280 g/mol. The standard InChI is InChI=1S/C13H16N2O5/c1-7-13(18)15(4-8(17)5-16)10-3-12-11(19-6-20-12)2-9(10)14-7/h2-3,7-8,14,16-17H,4-6H2,1H3. The molecule has 3 rings (SSSR count). The molecular weight excluding hydrogens is 264 g/mol. The molecule has 0 saturated carbocycles. The summed E-state index contributed by atoms with van der Waals surface area (Å²) in [6, 6.07) is 3.08. The van der Waals surface area contributed by atoms with E-state index in [9.17, 15) is 9.90 Å². The van der Waals surface area contributed by atoms with Crippen LogP contribution >= 0.6 is 0 Å². The highest BCUT2D eigenvalue weighted by atomic mass is 16.7. The molecule has 20 heavy (non-hydrogen) atoms. The lowest BCUT2D eigenvalue weighted by Crippen LogP contribution is -2.49. The number of carbonyl (C=O) groups excluding carboxylic acids is 1. The molecule has 0 aromatic heterocycles. The van der Waals surface area contributed by atoms with Gasteiger partial charge in [-0.1, -0.05) is 0 Å². The number of fused-ring (bicyclic) bond motifs is 2. The molecule has 0 aliphatic carbocycles. The molecule has 1 aromatic carbocycles. The van der Waals surface area contributed by atoms with Crippen molar-refractivity contribution in [2.45, 2.75) is 19.1 Å². The summed E-state index contributed by atoms with van der Waals surface area (Å²) >= 11 is 0. The minimum Gasteiger partial charge on any atom is -0.454 e. The molecule has 0 spiro atoms. The SMILES string of the molecule is CC1Nc2cc3c(cc2N(CC(O)CO)C1=O)OCO3. The van der Waals surface area contributed by atoms with Gasteiger partial charge in [-0.3, -0.25) is 4.79 Å². The summed E-state index contributed by atoms with van der Waals surface area (Å²) in [5.74, 6) is 1.03. The molecular formula is C13H16N2O5. The van der Waals surface area contributed by atoms with Crippen molar-refractivity contribution in [2.75, 3.05) is 30.2 Å². The molecule has 2 heterocycles. The van der Waals surface area contributed by atoms with Crippen molar-refractivity contribution in [3.63, 3.8) is 0 Å². The number of aliphatic hydroxyl groups is 2. The smallest absolute Gasteiger partial charge is 0.249 e. The zero-order valence-corrected chi connectivity index (χ0v) is 11.0. The van der Waals surface area contributed by atoms with E-state index in [4.69, 9.17) is 14.6 Å². The Labute approximate surface area is 115 Å². The van der Waals surface area contributed by atoms with Crippen LogP contribution in [-0.4, -0.2) is 48.2 Å². The minimum atomic E-state index is -0.984. The number of nitrogens with zero attached hydrogens (tertiary/aromatic N) is 1. The number of hydrogen-bond acceptors (Lipinski definition) is 6. The largest absolute Gasteiger partial charge is 0.454 e. The maximum absolute atomic E-state index is 12.2. The molecule has 108 valence electrons. The van der Waals surface area contributed by atoms with E-state index < -0.39 is 18.8 Å². The van der Waals surface area contributed by atoms with Gasteiger partial charge in [0.05, 0.1) is 30.6 Å². The number of hydrogen-bond donors (Lipinski definition) is 3. The molecule has 2 aliphatic rings. The highest BCUT2D eigenvalue weighted by Crippen LogP contribution is 2.43. The highest BCUT2D eigenvalue weighted by molar-refractivity contribution is 6.05. The van der Waals surface area contributed by atoms with Crippen molar-refractivity contribution in [1.29, 1.82) is 0 Å². The van der Waals surface area contributed by atoms with Gasteiger partial charge in [0.15, 0.2) is 11.5 Å². The van der Waals surface area contributed by atoms with Crippen LogP contribution < -0.4 is 19.7 Å². The lowest BCUT2D eigenvalue weighted by Gasteiger charge is -2.35. The van der Waals surface area contributed by atoms with E-state index in [2.05, 4.69) is 5.32 Å². The van der Waals surface area contributed by atoms with E-state index in [1.807, 2.05) is 0 Å². The van der Waals surface area contributed by atoms with Crippen molar-refractivity contribution < 1.29 is 24.5 Å². The second-order valence-electron chi connectivity index (χ2n) is 4.87. The Morgan fingerprint density at radius 2 is 2.15 bits per heavy atom.